The highest BCUT2D eigenvalue weighted by Gasteiger charge is 2.15. The van der Waals surface area contributed by atoms with Crippen LogP contribution in [0.25, 0.3) is 33.9 Å². The van der Waals surface area contributed by atoms with E-state index in [1.807, 2.05) is 36.4 Å². The van der Waals surface area contributed by atoms with E-state index in [9.17, 15) is 4.79 Å². The average molecular weight is 484 g/mol. The second kappa shape index (κ2) is 10.8. The molecule has 0 atom stereocenters. The normalized spacial score (nSPS) is 11.0. The smallest absolute Gasteiger partial charge is 0.365 e. The standard InChI is InChI=1S/C27H25N5O4/c1-2-3-4-7-18-34-22-16-14-19(15-17-22)25-28-26(35-30-25)20-10-12-21(13-11-20)27(33)36-32-24-9-6-5-8-23(24)29-31-32/h5-6,8-17H,2-4,7,18H2,1H3. The lowest BCUT2D eigenvalue weighted by Crippen LogP contribution is -2.20. The summed E-state index contributed by atoms with van der Waals surface area (Å²) in [6.45, 7) is 2.91. The maximum absolute atomic E-state index is 12.6. The number of carbonyl (C=O) groups is 1. The van der Waals surface area contributed by atoms with Gasteiger partial charge in [0.1, 0.15) is 16.8 Å². The fourth-order valence-corrected chi connectivity index (χ4v) is 3.67. The van der Waals surface area contributed by atoms with E-state index >= 15 is 0 Å². The molecule has 0 aliphatic carbocycles. The van der Waals surface area contributed by atoms with Gasteiger partial charge >= 0.3 is 5.97 Å². The number of aromatic nitrogens is 5. The third kappa shape index (κ3) is 5.25. The van der Waals surface area contributed by atoms with Gasteiger partial charge < -0.3 is 14.1 Å². The highest BCUT2D eigenvalue weighted by Crippen LogP contribution is 2.24. The molecule has 0 radical (unpaired) electrons. The van der Waals surface area contributed by atoms with Gasteiger partial charge in [-0.1, -0.05) is 48.3 Å². The maximum atomic E-state index is 12.6. The van der Waals surface area contributed by atoms with Gasteiger partial charge in [-0.3, -0.25) is 0 Å². The van der Waals surface area contributed by atoms with Crippen molar-refractivity contribution in [2.75, 3.05) is 6.61 Å². The first-order valence-electron chi connectivity index (χ1n) is 11.9. The fourth-order valence-electron chi connectivity index (χ4n) is 3.67. The third-order valence-corrected chi connectivity index (χ3v) is 5.66. The summed E-state index contributed by atoms with van der Waals surface area (Å²) in [5.74, 6) is 1.08. The minimum atomic E-state index is -0.559. The van der Waals surface area contributed by atoms with Gasteiger partial charge in [0.2, 0.25) is 5.82 Å². The molecular weight excluding hydrogens is 458 g/mol. The topological polar surface area (TPSA) is 105 Å². The van der Waals surface area contributed by atoms with Crippen LogP contribution in [0.1, 0.15) is 43.0 Å². The molecule has 9 heteroatoms. The SMILES string of the molecule is CCCCCCOc1ccc(-c2noc(-c3ccc(C(=O)On4nnc5ccccc54)cc3)n2)cc1. The first kappa shape index (κ1) is 23.2. The molecule has 0 aliphatic rings. The molecule has 0 spiro atoms. The van der Waals surface area contributed by atoms with E-state index in [1.54, 1.807) is 36.4 Å². The summed E-state index contributed by atoms with van der Waals surface area (Å²) in [4.78, 5) is 23.5. The number of ether oxygens (including phenoxy) is 1. The second-order valence-electron chi connectivity index (χ2n) is 8.26. The van der Waals surface area contributed by atoms with Crippen LogP contribution in [0.3, 0.4) is 0 Å². The summed E-state index contributed by atoms with van der Waals surface area (Å²) in [5.41, 5.74) is 3.10. The Morgan fingerprint density at radius 2 is 1.69 bits per heavy atom. The molecule has 3 aromatic carbocycles. The lowest BCUT2D eigenvalue weighted by Gasteiger charge is -2.06. The Hall–Kier alpha value is -4.53. The van der Waals surface area contributed by atoms with Crippen molar-refractivity contribution in [3.8, 4) is 28.6 Å². The molecule has 5 rings (SSSR count). The van der Waals surface area contributed by atoms with Gasteiger partial charge in [-0.05, 0) is 72.3 Å². The predicted molar refractivity (Wildman–Crippen MR) is 133 cm³/mol. The van der Waals surface area contributed by atoms with Gasteiger partial charge in [-0.2, -0.15) is 4.98 Å². The number of rotatable bonds is 10. The summed E-state index contributed by atoms with van der Waals surface area (Å²) in [6, 6.07) is 21.6. The molecule has 0 saturated carbocycles. The summed E-state index contributed by atoms with van der Waals surface area (Å²) in [6.07, 6.45) is 4.68. The van der Waals surface area contributed by atoms with Crippen molar-refractivity contribution in [2.24, 2.45) is 0 Å². The molecule has 0 bridgehead atoms. The molecule has 5 aromatic rings. The lowest BCUT2D eigenvalue weighted by atomic mass is 10.1. The molecule has 0 aliphatic heterocycles. The average Bonchev–Trinajstić information content (AvgIpc) is 3.57. The Kier molecular flexibility index (Phi) is 6.98. The van der Waals surface area contributed by atoms with Crippen molar-refractivity contribution >= 4 is 17.0 Å². The summed E-state index contributed by atoms with van der Waals surface area (Å²) >= 11 is 0. The zero-order valence-electron chi connectivity index (χ0n) is 19.8. The van der Waals surface area contributed by atoms with Crippen molar-refractivity contribution < 1.29 is 18.9 Å². The maximum Gasteiger partial charge on any atom is 0.365 e. The second-order valence-corrected chi connectivity index (χ2v) is 8.26. The Labute approximate surface area is 207 Å². The Morgan fingerprint density at radius 3 is 2.50 bits per heavy atom. The number of benzene rings is 3. The minimum absolute atomic E-state index is 0.350. The fraction of sp³-hybridized carbons (Fsp3) is 0.222. The largest absolute Gasteiger partial charge is 0.494 e. The highest BCUT2D eigenvalue weighted by atomic mass is 16.7. The quantitative estimate of drug-likeness (QED) is 0.193. The van der Waals surface area contributed by atoms with Gasteiger partial charge in [-0.25, -0.2) is 4.79 Å². The Balaban J connectivity index is 1.21. The number of carbonyl (C=O) groups excluding carboxylic acids is 1. The molecule has 0 saturated heterocycles. The number of fused-ring (bicyclic) bond motifs is 1. The van der Waals surface area contributed by atoms with Crippen LogP contribution >= 0.6 is 0 Å². The molecule has 2 aromatic heterocycles. The Morgan fingerprint density at radius 1 is 0.917 bits per heavy atom. The molecule has 0 N–H and O–H groups in total. The molecule has 9 nitrogen and oxygen atoms in total. The number of para-hydroxylation sites is 1. The van der Waals surface area contributed by atoms with Crippen molar-refractivity contribution in [3.63, 3.8) is 0 Å². The van der Waals surface area contributed by atoms with Crippen LogP contribution in [0.5, 0.6) is 5.75 Å². The molecule has 0 fully saturated rings. The van der Waals surface area contributed by atoms with Crippen LogP contribution in [-0.4, -0.2) is 37.9 Å². The minimum Gasteiger partial charge on any atom is -0.494 e. The number of unbranched alkanes of at least 4 members (excludes halogenated alkanes) is 3. The first-order chi connectivity index (χ1) is 17.7. The highest BCUT2D eigenvalue weighted by molar-refractivity contribution is 5.90. The summed E-state index contributed by atoms with van der Waals surface area (Å²) < 4.78 is 11.2. The monoisotopic (exact) mass is 483 g/mol. The van der Waals surface area contributed by atoms with Gasteiger partial charge in [0.05, 0.1) is 12.2 Å². The third-order valence-electron chi connectivity index (χ3n) is 5.66. The molecular formula is C27H25N5O4. The van der Waals surface area contributed by atoms with Crippen molar-refractivity contribution in [2.45, 2.75) is 32.6 Å². The van der Waals surface area contributed by atoms with Crippen LogP contribution in [0.4, 0.5) is 0 Å². The van der Waals surface area contributed by atoms with Crippen molar-refractivity contribution in [1.29, 1.82) is 0 Å². The van der Waals surface area contributed by atoms with Crippen LogP contribution in [0.2, 0.25) is 0 Å². The molecule has 0 unspecified atom stereocenters. The van der Waals surface area contributed by atoms with E-state index in [0.29, 0.717) is 40.5 Å². The van der Waals surface area contributed by atoms with Crippen molar-refractivity contribution in [3.05, 3.63) is 78.4 Å². The van der Waals surface area contributed by atoms with Gasteiger partial charge in [0.15, 0.2) is 0 Å². The number of hydrogen-bond acceptors (Lipinski definition) is 8. The van der Waals surface area contributed by atoms with Gasteiger partial charge in [-0.15, -0.1) is 5.10 Å². The van der Waals surface area contributed by atoms with Crippen LogP contribution in [0, 0.1) is 0 Å². The number of nitrogens with zero attached hydrogens (tertiary/aromatic N) is 5. The van der Waals surface area contributed by atoms with Gasteiger partial charge in [0, 0.05) is 11.1 Å². The summed E-state index contributed by atoms with van der Waals surface area (Å²) in [7, 11) is 0. The van der Waals surface area contributed by atoms with E-state index in [1.165, 1.54) is 19.3 Å². The van der Waals surface area contributed by atoms with Crippen molar-refractivity contribution in [1.82, 2.24) is 25.3 Å². The van der Waals surface area contributed by atoms with E-state index in [2.05, 4.69) is 27.4 Å². The van der Waals surface area contributed by atoms with E-state index < -0.39 is 5.97 Å². The molecule has 2 heterocycles. The van der Waals surface area contributed by atoms with Crippen LogP contribution < -0.4 is 9.57 Å². The number of hydrogen-bond donors (Lipinski definition) is 0. The first-order valence-corrected chi connectivity index (χ1v) is 11.9. The van der Waals surface area contributed by atoms with Crippen LogP contribution in [-0.2, 0) is 0 Å². The molecule has 182 valence electrons. The van der Waals surface area contributed by atoms with E-state index in [4.69, 9.17) is 14.1 Å². The van der Waals surface area contributed by atoms with Gasteiger partial charge in [0.25, 0.3) is 5.89 Å². The van der Waals surface area contributed by atoms with E-state index in [-0.39, 0.29) is 0 Å². The van der Waals surface area contributed by atoms with Crippen LogP contribution in [0.15, 0.2) is 77.3 Å². The summed E-state index contributed by atoms with van der Waals surface area (Å²) in [5, 5.41) is 11.9. The van der Waals surface area contributed by atoms with E-state index in [0.717, 1.165) is 22.6 Å². The lowest BCUT2D eigenvalue weighted by molar-refractivity contribution is 0.0409. The Bertz CT molecular complexity index is 1440. The molecule has 36 heavy (non-hydrogen) atoms. The molecule has 0 amide bonds. The zero-order chi connectivity index (χ0) is 24.7. The zero-order valence-corrected chi connectivity index (χ0v) is 19.8. The predicted octanol–water partition coefficient (Wildman–Crippen LogP) is 5.38.